The van der Waals surface area contributed by atoms with Gasteiger partial charge in [0.05, 0.1) is 12.1 Å². The molecule has 0 aromatic heterocycles. The van der Waals surface area contributed by atoms with Crippen LogP contribution in [0, 0.1) is 0 Å². The van der Waals surface area contributed by atoms with Crippen LogP contribution < -0.4 is 0 Å². The molecule has 1 N–H and O–H groups in total. The van der Waals surface area contributed by atoms with Crippen molar-refractivity contribution in [3.8, 4) is 0 Å². The molecule has 2 atom stereocenters. The fourth-order valence-corrected chi connectivity index (χ4v) is 2.71. The smallest absolute Gasteiger partial charge is 0.0777 e. The van der Waals surface area contributed by atoms with Crippen molar-refractivity contribution in [1.29, 1.82) is 0 Å². The topological polar surface area (TPSA) is 23.5 Å². The Kier molecular flexibility index (Phi) is 2.11. The van der Waals surface area contributed by atoms with Gasteiger partial charge in [0.1, 0.15) is 0 Å². The van der Waals surface area contributed by atoms with Gasteiger partial charge in [-0.2, -0.15) is 0 Å². The molecule has 0 saturated heterocycles. The first-order valence-corrected chi connectivity index (χ1v) is 5.51. The summed E-state index contributed by atoms with van der Waals surface area (Å²) in [5.74, 6) is 0. The van der Waals surface area contributed by atoms with Crippen molar-refractivity contribution in [2.45, 2.75) is 18.6 Å². The summed E-state index contributed by atoms with van der Waals surface area (Å²) in [5, 5.41) is 10.1. The van der Waals surface area contributed by atoms with Gasteiger partial charge in [0, 0.05) is 19.5 Å². The van der Waals surface area contributed by atoms with Crippen LogP contribution in [0.3, 0.4) is 0 Å². The highest BCUT2D eigenvalue weighted by Crippen LogP contribution is 2.36. The predicted octanol–water partition coefficient (Wildman–Crippen LogP) is 1.52. The van der Waals surface area contributed by atoms with E-state index >= 15 is 0 Å². The normalized spacial score (nSPS) is 29.7. The summed E-state index contributed by atoms with van der Waals surface area (Å²) in [6.45, 7) is 1.94. The van der Waals surface area contributed by atoms with Gasteiger partial charge in [-0.25, -0.2) is 0 Å². The molecular weight excluding hydrogens is 186 g/mol. The molecular formula is C13H15NO. The van der Waals surface area contributed by atoms with Crippen LogP contribution in [-0.4, -0.2) is 29.2 Å². The van der Waals surface area contributed by atoms with Crippen molar-refractivity contribution in [3.05, 3.63) is 47.5 Å². The van der Waals surface area contributed by atoms with E-state index in [-0.39, 0.29) is 12.1 Å². The lowest BCUT2D eigenvalue weighted by molar-refractivity contribution is 0.0783. The molecule has 15 heavy (non-hydrogen) atoms. The first-order chi connectivity index (χ1) is 7.36. The van der Waals surface area contributed by atoms with E-state index in [1.54, 1.807) is 0 Å². The van der Waals surface area contributed by atoms with Gasteiger partial charge in [-0.15, -0.1) is 0 Å². The Balaban J connectivity index is 1.95. The van der Waals surface area contributed by atoms with E-state index < -0.39 is 0 Å². The molecule has 2 nitrogen and oxygen atoms in total. The zero-order valence-corrected chi connectivity index (χ0v) is 8.63. The van der Waals surface area contributed by atoms with Crippen molar-refractivity contribution < 1.29 is 5.11 Å². The van der Waals surface area contributed by atoms with Crippen LogP contribution in [0.1, 0.15) is 17.2 Å². The molecule has 1 heterocycles. The minimum Gasteiger partial charge on any atom is -0.391 e. The van der Waals surface area contributed by atoms with Crippen LogP contribution in [0.5, 0.6) is 0 Å². The second kappa shape index (κ2) is 3.47. The van der Waals surface area contributed by atoms with Gasteiger partial charge in [0.15, 0.2) is 0 Å². The third-order valence-corrected chi connectivity index (χ3v) is 3.41. The molecule has 3 rings (SSSR count). The number of hydrogen-bond acceptors (Lipinski definition) is 2. The van der Waals surface area contributed by atoms with Crippen molar-refractivity contribution in [2.24, 2.45) is 0 Å². The minimum atomic E-state index is -0.234. The maximum atomic E-state index is 10.1. The van der Waals surface area contributed by atoms with Crippen molar-refractivity contribution in [3.63, 3.8) is 0 Å². The zero-order valence-electron chi connectivity index (χ0n) is 8.63. The summed E-state index contributed by atoms with van der Waals surface area (Å²) in [5.41, 5.74) is 2.62. The number of benzene rings is 1. The zero-order chi connectivity index (χ0) is 10.3. The van der Waals surface area contributed by atoms with Crippen LogP contribution in [0.25, 0.3) is 0 Å². The summed E-state index contributed by atoms with van der Waals surface area (Å²) in [7, 11) is 0. The SMILES string of the molecule is OC1Cc2ccccc2C1N1CC=CC1. The van der Waals surface area contributed by atoms with E-state index in [0.29, 0.717) is 0 Å². The lowest BCUT2D eigenvalue weighted by Gasteiger charge is -2.27. The summed E-state index contributed by atoms with van der Waals surface area (Å²) >= 11 is 0. The van der Waals surface area contributed by atoms with Crippen molar-refractivity contribution in [1.82, 2.24) is 4.90 Å². The number of aliphatic hydroxyl groups is 1. The quantitative estimate of drug-likeness (QED) is 0.696. The molecule has 1 aromatic rings. The van der Waals surface area contributed by atoms with E-state index in [1.165, 1.54) is 11.1 Å². The van der Waals surface area contributed by atoms with Gasteiger partial charge in [0.2, 0.25) is 0 Å². The summed E-state index contributed by atoms with van der Waals surface area (Å²) in [6, 6.07) is 8.59. The van der Waals surface area contributed by atoms with Crippen LogP contribution in [0.2, 0.25) is 0 Å². The molecule has 0 bridgehead atoms. The van der Waals surface area contributed by atoms with Gasteiger partial charge < -0.3 is 5.11 Å². The lowest BCUT2D eigenvalue weighted by atomic mass is 10.1. The fourth-order valence-electron chi connectivity index (χ4n) is 2.71. The Bertz CT molecular complexity index is 391. The number of nitrogens with zero attached hydrogens (tertiary/aromatic N) is 1. The molecule has 2 unspecified atom stereocenters. The van der Waals surface area contributed by atoms with Gasteiger partial charge in [-0.1, -0.05) is 36.4 Å². The minimum absolute atomic E-state index is 0.205. The average Bonchev–Trinajstić information content (AvgIpc) is 2.82. The van der Waals surface area contributed by atoms with E-state index in [9.17, 15) is 5.11 Å². The predicted molar refractivity (Wildman–Crippen MR) is 59.6 cm³/mol. The first kappa shape index (κ1) is 9.13. The second-order valence-electron chi connectivity index (χ2n) is 4.34. The molecule has 0 spiro atoms. The monoisotopic (exact) mass is 201 g/mol. The largest absolute Gasteiger partial charge is 0.391 e. The summed E-state index contributed by atoms with van der Waals surface area (Å²) in [4.78, 5) is 2.33. The number of aliphatic hydroxyl groups excluding tert-OH is 1. The number of rotatable bonds is 1. The second-order valence-corrected chi connectivity index (χ2v) is 4.34. The Hall–Kier alpha value is -1.12. The molecule has 0 fully saturated rings. The Morgan fingerprint density at radius 3 is 2.67 bits per heavy atom. The van der Waals surface area contributed by atoms with Gasteiger partial charge in [0.25, 0.3) is 0 Å². The lowest BCUT2D eigenvalue weighted by Crippen LogP contribution is -2.32. The molecule has 2 heteroatoms. The van der Waals surface area contributed by atoms with E-state index in [2.05, 4.69) is 41.3 Å². The Morgan fingerprint density at radius 2 is 1.87 bits per heavy atom. The maximum Gasteiger partial charge on any atom is 0.0777 e. The number of fused-ring (bicyclic) bond motifs is 1. The highest BCUT2D eigenvalue weighted by atomic mass is 16.3. The van der Waals surface area contributed by atoms with E-state index in [0.717, 1.165) is 19.5 Å². The van der Waals surface area contributed by atoms with Crippen LogP contribution in [0.4, 0.5) is 0 Å². The van der Waals surface area contributed by atoms with Gasteiger partial charge in [-0.05, 0) is 11.1 Å². The average molecular weight is 201 g/mol. The Morgan fingerprint density at radius 1 is 1.13 bits per heavy atom. The molecule has 2 aliphatic rings. The van der Waals surface area contributed by atoms with Gasteiger partial charge in [-0.3, -0.25) is 4.90 Å². The molecule has 1 aliphatic carbocycles. The molecule has 1 aromatic carbocycles. The van der Waals surface area contributed by atoms with Crippen molar-refractivity contribution in [2.75, 3.05) is 13.1 Å². The Labute approximate surface area is 89.8 Å². The molecule has 78 valence electrons. The van der Waals surface area contributed by atoms with Crippen LogP contribution in [0.15, 0.2) is 36.4 Å². The van der Waals surface area contributed by atoms with Crippen LogP contribution >= 0.6 is 0 Å². The third-order valence-electron chi connectivity index (χ3n) is 3.41. The maximum absolute atomic E-state index is 10.1. The standard InChI is InChI=1S/C13H15NO/c15-12-9-10-5-1-2-6-11(10)13(12)14-7-3-4-8-14/h1-6,12-13,15H,7-9H2. The third kappa shape index (κ3) is 1.41. The summed E-state index contributed by atoms with van der Waals surface area (Å²) in [6.07, 6.45) is 4.92. The number of hydrogen-bond donors (Lipinski definition) is 1. The summed E-state index contributed by atoms with van der Waals surface area (Å²) < 4.78 is 0. The fraction of sp³-hybridized carbons (Fsp3) is 0.385. The van der Waals surface area contributed by atoms with Crippen LogP contribution in [-0.2, 0) is 6.42 Å². The van der Waals surface area contributed by atoms with Crippen molar-refractivity contribution >= 4 is 0 Å². The first-order valence-electron chi connectivity index (χ1n) is 5.51. The molecule has 0 amide bonds. The van der Waals surface area contributed by atoms with Gasteiger partial charge >= 0.3 is 0 Å². The highest BCUT2D eigenvalue weighted by molar-refractivity contribution is 5.36. The molecule has 0 saturated carbocycles. The van der Waals surface area contributed by atoms with E-state index in [1.807, 2.05) is 0 Å². The van der Waals surface area contributed by atoms with E-state index in [4.69, 9.17) is 0 Å². The highest BCUT2D eigenvalue weighted by Gasteiger charge is 2.35. The molecule has 0 radical (unpaired) electrons. The molecule has 1 aliphatic heterocycles.